The summed E-state index contributed by atoms with van der Waals surface area (Å²) in [5, 5.41) is 11.3. The Hall–Kier alpha value is -1.82. The van der Waals surface area contributed by atoms with Gasteiger partial charge in [-0.05, 0) is 6.07 Å². The smallest absolute Gasteiger partial charge is 0.337 e. The zero-order chi connectivity index (χ0) is 11.4. The van der Waals surface area contributed by atoms with Crippen LogP contribution in [0.2, 0.25) is 5.02 Å². The molecule has 0 saturated carbocycles. The number of rotatable bonds is 4. The van der Waals surface area contributed by atoms with Crippen LogP contribution < -0.4 is 11.1 Å². The van der Waals surface area contributed by atoms with Crippen molar-refractivity contribution in [3.05, 3.63) is 22.8 Å². The Labute approximate surface area is 90.1 Å². The van der Waals surface area contributed by atoms with Crippen molar-refractivity contribution in [2.24, 2.45) is 5.73 Å². The topological polar surface area (TPSA) is 105 Å². The van der Waals surface area contributed by atoms with Crippen LogP contribution in [0.4, 0.5) is 5.82 Å². The minimum atomic E-state index is -1.12. The molecule has 0 aliphatic heterocycles. The first-order chi connectivity index (χ1) is 7.00. The van der Waals surface area contributed by atoms with E-state index >= 15 is 0 Å². The van der Waals surface area contributed by atoms with Crippen LogP contribution >= 0.6 is 11.6 Å². The molecule has 1 aromatic heterocycles. The Bertz CT molecular complexity index is 408. The molecule has 1 amide bonds. The van der Waals surface area contributed by atoms with E-state index in [-0.39, 0.29) is 22.9 Å². The average Bonchev–Trinajstić information content (AvgIpc) is 2.15. The van der Waals surface area contributed by atoms with Crippen molar-refractivity contribution < 1.29 is 14.7 Å². The summed E-state index contributed by atoms with van der Waals surface area (Å²) in [6.45, 7) is -0.112. The van der Waals surface area contributed by atoms with Gasteiger partial charge in [-0.1, -0.05) is 11.6 Å². The number of pyridine rings is 1. The van der Waals surface area contributed by atoms with Gasteiger partial charge in [-0.25, -0.2) is 9.78 Å². The van der Waals surface area contributed by atoms with Crippen LogP contribution in [-0.4, -0.2) is 28.5 Å². The maximum absolute atomic E-state index is 10.5. The number of hydrogen-bond acceptors (Lipinski definition) is 4. The highest BCUT2D eigenvalue weighted by Crippen LogP contribution is 2.19. The second kappa shape index (κ2) is 4.61. The lowest BCUT2D eigenvalue weighted by Crippen LogP contribution is -2.22. The zero-order valence-electron chi connectivity index (χ0n) is 7.53. The molecule has 0 atom stereocenters. The monoisotopic (exact) mass is 229 g/mol. The lowest BCUT2D eigenvalue weighted by atomic mass is 10.3. The highest BCUT2D eigenvalue weighted by Gasteiger charge is 2.08. The molecule has 0 unspecified atom stereocenters. The van der Waals surface area contributed by atoms with E-state index in [1.165, 1.54) is 6.07 Å². The molecule has 7 heteroatoms. The number of nitrogens with one attached hydrogen (secondary N) is 1. The number of aromatic carboxylic acids is 1. The molecule has 0 radical (unpaired) electrons. The molecule has 0 bridgehead atoms. The SMILES string of the molecule is NC(=O)CNc1ncc(C(=O)O)cc1Cl. The van der Waals surface area contributed by atoms with Gasteiger partial charge in [-0.2, -0.15) is 0 Å². The third kappa shape index (κ3) is 3.10. The highest BCUT2D eigenvalue weighted by atomic mass is 35.5. The minimum Gasteiger partial charge on any atom is -0.478 e. The molecule has 0 aliphatic rings. The molecule has 80 valence electrons. The number of amides is 1. The van der Waals surface area contributed by atoms with Crippen molar-refractivity contribution in [1.29, 1.82) is 0 Å². The third-order valence-electron chi connectivity index (χ3n) is 1.52. The van der Waals surface area contributed by atoms with Gasteiger partial charge in [-0.3, -0.25) is 4.79 Å². The molecule has 6 nitrogen and oxygen atoms in total. The van der Waals surface area contributed by atoms with Gasteiger partial charge in [0.1, 0.15) is 5.82 Å². The van der Waals surface area contributed by atoms with Crippen LogP contribution in [0, 0.1) is 0 Å². The molecular weight excluding hydrogens is 222 g/mol. The summed E-state index contributed by atoms with van der Waals surface area (Å²) in [5.74, 6) is -1.46. The van der Waals surface area contributed by atoms with Crippen molar-refractivity contribution in [3.63, 3.8) is 0 Å². The summed E-state index contributed by atoms with van der Waals surface area (Å²) in [4.78, 5) is 24.7. The standard InChI is InChI=1S/C8H8ClN3O3/c9-5-1-4(8(14)15)2-11-7(5)12-3-6(10)13/h1-2H,3H2,(H2,10,13)(H,11,12)(H,14,15). The predicted molar refractivity (Wildman–Crippen MR) is 53.9 cm³/mol. The largest absolute Gasteiger partial charge is 0.478 e. The predicted octanol–water partition coefficient (Wildman–Crippen LogP) is 0.330. The van der Waals surface area contributed by atoms with E-state index in [2.05, 4.69) is 10.3 Å². The van der Waals surface area contributed by atoms with E-state index in [9.17, 15) is 9.59 Å². The minimum absolute atomic E-state index is 0.0235. The van der Waals surface area contributed by atoms with E-state index in [1.807, 2.05) is 0 Å². The Morgan fingerprint density at radius 2 is 2.27 bits per heavy atom. The van der Waals surface area contributed by atoms with Gasteiger partial charge in [0.25, 0.3) is 0 Å². The number of aromatic nitrogens is 1. The first kappa shape index (κ1) is 11.3. The summed E-state index contributed by atoms with van der Waals surface area (Å²) < 4.78 is 0. The Morgan fingerprint density at radius 3 is 2.73 bits per heavy atom. The molecule has 1 rings (SSSR count). The number of nitrogens with zero attached hydrogens (tertiary/aromatic N) is 1. The molecule has 0 saturated heterocycles. The molecule has 1 heterocycles. The van der Waals surface area contributed by atoms with Crippen LogP contribution in [0.25, 0.3) is 0 Å². The maximum Gasteiger partial charge on any atom is 0.337 e. The first-order valence-electron chi connectivity index (χ1n) is 3.91. The number of carbonyl (C=O) groups is 2. The second-order valence-electron chi connectivity index (χ2n) is 2.68. The molecule has 0 spiro atoms. The van der Waals surface area contributed by atoms with Crippen LogP contribution in [-0.2, 0) is 4.79 Å². The fraction of sp³-hybridized carbons (Fsp3) is 0.125. The highest BCUT2D eigenvalue weighted by molar-refractivity contribution is 6.33. The lowest BCUT2D eigenvalue weighted by Gasteiger charge is -2.05. The second-order valence-corrected chi connectivity index (χ2v) is 3.09. The summed E-state index contributed by atoms with van der Waals surface area (Å²) in [6, 6.07) is 1.24. The summed E-state index contributed by atoms with van der Waals surface area (Å²) in [7, 11) is 0. The van der Waals surface area contributed by atoms with Crippen LogP contribution in [0.1, 0.15) is 10.4 Å². The van der Waals surface area contributed by atoms with Crippen molar-refractivity contribution in [2.45, 2.75) is 0 Å². The first-order valence-corrected chi connectivity index (χ1v) is 4.29. The Morgan fingerprint density at radius 1 is 1.60 bits per heavy atom. The average molecular weight is 230 g/mol. The summed E-state index contributed by atoms with van der Waals surface area (Å²) in [5.41, 5.74) is 4.88. The molecule has 15 heavy (non-hydrogen) atoms. The van der Waals surface area contributed by atoms with Gasteiger partial charge in [-0.15, -0.1) is 0 Å². The van der Waals surface area contributed by atoms with E-state index in [0.29, 0.717) is 0 Å². The van der Waals surface area contributed by atoms with Gasteiger partial charge in [0, 0.05) is 6.20 Å². The fourth-order valence-electron chi connectivity index (χ4n) is 0.856. The zero-order valence-corrected chi connectivity index (χ0v) is 8.28. The summed E-state index contributed by atoms with van der Waals surface area (Å²) >= 11 is 5.72. The van der Waals surface area contributed by atoms with Crippen LogP contribution in [0.3, 0.4) is 0 Å². The number of halogens is 1. The molecule has 0 fully saturated rings. The van der Waals surface area contributed by atoms with E-state index in [0.717, 1.165) is 6.20 Å². The Kier molecular flexibility index (Phi) is 3.46. The van der Waals surface area contributed by atoms with Gasteiger partial charge in [0.2, 0.25) is 5.91 Å². The quantitative estimate of drug-likeness (QED) is 0.690. The van der Waals surface area contributed by atoms with Crippen LogP contribution in [0.5, 0.6) is 0 Å². The van der Waals surface area contributed by atoms with E-state index < -0.39 is 11.9 Å². The Balaban J connectivity index is 2.83. The number of carbonyl (C=O) groups excluding carboxylic acids is 1. The number of primary amides is 1. The number of nitrogens with two attached hydrogens (primary N) is 1. The van der Waals surface area contributed by atoms with Gasteiger partial charge in [0.15, 0.2) is 0 Å². The van der Waals surface area contributed by atoms with Crippen molar-refractivity contribution in [3.8, 4) is 0 Å². The molecule has 1 aromatic rings. The number of hydrogen-bond donors (Lipinski definition) is 3. The molecular formula is C8H8ClN3O3. The van der Waals surface area contributed by atoms with E-state index in [1.54, 1.807) is 0 Å². The normalized spacial score (nSPS) is 9.67. The number of anilines is 1. The lowest BCUT2D eigenvalue weighted by molar-refractivity contribution is -0.116. The third-order valence-corrected chi connectivity index (χ3v) is 1.81. The van der Waals surface area contributed by atoms with Gasteiger partial charge >= 0.3 is 5.97 Å². The van der Waals surface area contributed by atoms with E-state index in [4.69, 9.17) is 22.4 Å². The molecule has 0 aliphatic carbocycles. The molecule has 4 N–H and O–H groups in total. The fourth-order valence-corrected chi connectivity index (χ4v) is 1.09. The van der Waals surface area contributed by atoms with Crippen molar-refractivity contribution in [2.75, 3.05) is 11.9 Å². The number of carboxylic acids is 1. The van der Waals surface area contributed by atoms with Crippen LogP contribution in [0.15, 0.2) is 12.3 Å². The van der Waals surface area contributed by atoms with Crippen molar-refractivity contribution >= 4 is 29.3 Å². The number of carboxylic acid groups (broad SMARTS) is 1. The summed E-state index contributed by atoms with van der Waals surface area (Å²) in [6.07, 6.45) is 1.14. The van der Waals surface area contributed by atoms with Gasteiger partial charge < -0.3 is 16.2 Å². The van der Waals surface area contributed by atoms with Crippen molar-refractivity contribution in [1.82, 2.24) is 4.98 Å². The van der Waals surface area contributed by atoms with Gasteiger partial charge in [0.05, 0.1) is 17.1 Å². The maximum atomic E-state index is 10.5. The molecule has 0 aromatic carbocycles.